The van der Waals surface area contributed by atoms with Gasteiger partial charge in [0.25, 0.3) is 0 Å². The maximum absolute atomic E-state index is 12.6. The Labute approximate surface area is 213 Å². The van der Waals surface area contributed by atoms with Crippen LogP contribution in [0.5, 0.6) is 5.88 Å². The fourth-order valence-corrected chi connectivity index (χ4v) is 4.00. The highest BCUT2D eigenvalue weighted by atomic mass is 16.6. The maximum atomic E-state index is 12.6. The van der Waals surface area contributed by atoms with Crippen molar-refractivity contribution in [2.75, 3.05) is 7.11 Å². The van der Waals surface area contributed by atoms with E-state index in [-0.39, 0.29) is 31.1 Å². The predicted molar refractivity (Wildman–Crippen MR) is 136 cm³/mol. The Morgan fingerprint density at radius 3 is 2.69 bits per heavy atom. The number of aromatic nitrogens is 1. The lowest BCUT2D eigenvalue weighted by molar-refractivity contribution is -0.157. The van der Waals surface area contributed by atoms with Crippen LogP contribution in [-0.2, 0) is 19.1 Å². The van der Waals surface area contributed by atoms with E-state index in [1.165, 1.54) is 6.92 Å². The van der Waals surface area contributed by atoms with Gasteiger partial charge in [-0.1, -0.05) is 44.2 Å². The van der Waals surface area contributed by atoms with E-state index in [9.17, 15) is 19.8 Å². The number of cyclic esters (lactones) is 1. The minimum atomic E-state index is -1.40. The van der Waals surface area contributed by atoms with Crippen LogP contribution in [0, 0.1) is 5.92 Å². The molecule has 36 heavy (non-hydrogen) atoms. The second-order valence-electron chi connectivity index (χ2n) is 9.63. The molecule has 0 aromatic carbocycles. The van der Waals surface area contributed by atoms with E-state index in [1.807, 2.05) is 51.1 Å². The van der Waals surface area contributed by atoms with E-state index in [0.29, 0.717) is 5.88 Å². The van der Waals surface area contributed by atoms with Crippen LogP contribution in [0.3, 0.4) is 0 Å². The predicted octanol–water partition coefficient (Wildman–Crippen LogP) is 4.03. The summed E-state index contributed by atoms with van der Waals surface area (Å²) in [6, 6.07) is 5.61. The molecule has 0 spiro atoms. The molecular formula is C28H39NO7. The smallest absolute Gasteiger partial charge is 0.309 e. The molecular weight excluding hydrogens is 462 g/mol. The summed E-state index contributed by atoms with van der Waals surface area (Å²) in [4.78, 5) is 28.7. The van der Waals surface area contributed by atoms with Crippen LogP contribution in [0.1, 0.15) is 65.5 Å². The Bertz CT molecular complexity index is 982. The van der Waals surface area contributed by atoms with Crippen LogP contribution in [0.15, 0.2) is 54.2 Å². The largest absolute Gasteiger partial charge is 0.481 e. The summed E-state index contributed by atoms with van der Waals surface area (Å²) in [6.45, 7) is 8.59. The van der Waals surface area contributed by atoms with E-state index in [2.05, 4.69) is 4.98 Å². The number of ether oxygens (including phenoxy) is 3. The quantitative estimate of drug-likeness (QED) is 0.341. The summed E-state index contributed by atoms with van der Waals surface area (Å²) in [5, 5.41) is 21.2. The summed E-state index contributed by atoms with van der Waals surface area (Å²) in [5.41, 5.74) is 0.257. The molecule has 198 valence electrons. The molecule has 0 fully saturated rings. The Morgan fingerprint density at radius 2 is 2.03 bits per heavy atom. The van der Waals surface area contributed by atoms with Gasteiger partial charge in [-0.15, -0.1) is 0 Å². The van der Waals surface area contributed by atoms with Crippen molar-refractivity contribution in [1.82, 2.24) is 4.98 Å². The van der Waals surface area contributed by atoms with Crippen molar-refractivity contribution in [2.45, 2.75) is 83.7 Å². The van der Waals surface area contributed by atoms with Gasteiger partial charge in [0.15, 0.2) is 0 Å². The third kappa shape index (κ3) is 8.91. The number of aliphatic hydroxyl groups excluding tert-OH is 1. The number of carbonyl (C=O) groups is 2. The molecule has 2 N–H and O–H groups in total. The molecule has 1 unspecified atom stereocenters. The lowest BCUT2D eigenvalue weighted by atomic mass is 9.88. The summed E-state index contributed by atoms with van der Waals surface area (Å²) < 4.78 is 16.3. The fraction of sp³-hybridized carbons (Fsp3) is 0.536. The summed E-state index contributed by atoms with van der Waals surface area (Å²) in [7, 11) is 1.58. The molecule has 0 amide bonds. The molecule has 8 nitrogen and oxygen atoms in total. The van der Waals surface area contributed by atoms with Gasteiger partial charge in [0, 0.05) is 24.8 Å². The molecule has 0 bridgehead atoms. The molecule has 1 aromatic rings. The first-order valence-electron chi connectivity index (χ1n) is 12.2. The highest BCUT2D eigenvalue weighted by Crippen LogP contribution is 2.27. The zero-order valence-corrected chi connectivity index (χ0v) is 22.0. The van der Waals surface area contributed by atoms with E-state index in [1.54, 1.807) is 32.3 Å². The monoisotopic (exact) mass is 501 g/mol. The maximum Gasteiger partial charge on any atom is 0.309 e. The number of carbonyl (C=O) groups excluding carboxylic acids is 2. The first-order valence-corrected chi connectivity index (χ1v) is 12.2. The lowest BCUT2D eigenvalue weighted by Crippen LogP contribution is -2.42. The lowest BCUT2D eigenvalue weighted by Gasteiger charge is -2.32. The van der Waals surface area contributed by atoms with E-state index in [4.69, 9.17) is 14.2 Å². The molecule has 0 saturated heterocycles. The number of esters is 2. The Balaban J connectivity index is 2.29. The third-order valence-electron chi connectivity index (χ3n) is 6.25. The van der Waals surface area contributed by atoms with Crippen molar-refractivity contribution in [3.63, 3.8) is 0 Å². The first kappa shape index (κ1) is 29.3. The van der Waals surface area contributed by atoms with Crippen molar-refractivity contribution in [2.24, 2.45) is 5.92 Å². The van der Waals surface area contributed by atoms with Crippen molar-refractivity contribution in [3.8, 4) is 5.88 Å². The number of hydrogen-bond donors (Lipinski definition) is 2. The van der Waals surface area contributed by atoms with Gasteiger partial charge in [-0.2, -0.15) is 0 Å². The normalized spacial score (nSPS) is 30.0. The average molecular weight is 502 g/mol. The molecule has 0 radical (unpaired) electrons. The molecule has 1 aliphatic heterocycles. The molecule has 2 heterocycles. The Kier molecular flexibility index (Phi) is 10.9. The van der Waals surface area contributed by atoms with Crippen LogP contribution < -0.4 is 4.74 Å². The molecule has 6 atom stereocenters. The number of nitrogens with zero attached hydrogens (tertiary/aromatic N) is 1. The van der Waals surface area contributed by atoms with Crippen molar-refractivity contribution in [1.29, 1.82) is 0 Å². The topological polar surface area (TPSA) is 115 Å². The number of methoxy groups -OCH3 is 1. The van der Waals surface area contributed by atoms with Crippen LogP contribution in [0.4, 0.5) is 0 Å². The van der Waals surface area contributed by atoms with E-state index >= 15 is 0 Å². The molecule has 0 saturated carbocycles. The Morgan fingerprint density at radius 1 is 1.31 bits per heavy atom. The summed E-state index contributed by atoms with van der Waals surface area (Å²) >= 11 is 0. The van der Waals surface area contributed by atoms with Crippen LogP contribution in [0.2, 0.25) is 0 Å². The molecule has 0 aliphatic carbocycles. The zero-order chi connectivity index (χ0) is 26.9. The van der Waals surface area contributed by atoms with Gasteiger partial charge >= 0.3 is 11.9 Å². The highest BCUT2D eigenvalue weighted by Gasteiger charge is 2.35. The van der Waals surface area contributed by atoms with Gasteiger partial charge in [0.2, 0.25) is 5.88 Å². The molecule has 1 aromatic heterocycles. The number of aliphatic hydroxyl groups is 2. The summed E-state index contributed by atoms with van der Waals surface area (Å²) in [6.07, 6.45) is 6.77. The highest BCUT2D eigenvalue weighted by molar-refractivity contribution is 5.70. The van der Waals surface area contributed by atoms with Gasteiger partial charge in [-0.25, -0.2) is 4.98 Å². The van der Waals surface area contributed by atoms with Crippen molar-refractivity contribution < 1.29 is 34.0 Å². The number of hydrogen-bond acceptors (Lipinski definition) is 8. The minimum absolute atomic E-state index is 0.0298. The van der Waals surface area contributed by atoms with Crippen molar-refractivity contribution >= 4 is 11.9 Å². The molecule has 8 heteroatoms. The second-order valence-corrected chi connectivity index (χ2v) is 9.63. The SMILES string of the molecule is COc1cccc(C(C)/C=C/C=C(\C)[C@H]2OC(=O)C[C@H](O)CC[C@@](C)(O)[C@@H](OC(C)=O)/C=C/[C@@H]2C)n1. The zero-order valence-electron chi connectivity index (χ0n) is 22.0. The standard InChI is InChI=1S/C28H39NO7/c1-18(23-11-8-12-25(29-23)34-6)9-7-10-19(2)27-20(3)13-14-24(35-21(4)30)28(5,33)16-15-22(31)17-26(32)36-27/h7-14,18,20,22,24,27,31,33H,15-17H2,1-6H3/b9-7+,14-13+,19-10+/t18?,20-,22+,24-,27+,28+/m0/s1. The van der Waals surface area contributed by atoms with Gasteiger partial charge in [-0.05, 0) is 44.4 Å². The third-order valence-corrected chi connectivity index (χ3v) is 6.25. The van der Waals surface area contributed by atoms with Crippen molar-refractivity contribution in [3.05, 3.63) is 59.8 Å². The van der Waals surface area contributed by atoms with E-state index < -0.39 is 35.9 Å². The molecule has 2 rings (SSSR count). The summed E-state index contributed by atoms with van der Waals surface area (Å²) in [5.74, 6) is -0.749. The van der Waals surface area contributed by atoms with Gasteiger partial charge in [0.05, 0.1) is 25.3 Å². The minimum Gasteiger partial charge on any atom is -0.481 e. The average Bonchev–Trinajstić information content (AvgIpc) is 2.82. The van der Waals surface area contributed by atoms with Crippen LogP contribution in [-0.4, -0.2) is 58.2 Å². The van der Waals surface area contributed by atoms with Gasteiger partial charge < -0.3 is 24.4 Å². The van der Waals surface area contributed by atoms with Gasteiger partial charge in [0.1, 0.15) is 17.8 Å². The van der Waals surface area contributed by atoms with Crippen LogP contribution in [0.25, 0.3) is 0 Å². The second kappa shape index (κ2) is 13.4. The number of rotatable bonds is 6. The first-order chi connectivity index (χ1) is 16.9. The number of allylic oxidation sites excluding steroid dienone is 3. The fourth-order valence-electron chi connectivity index (χ4n) is 4.00. The van der Waals surface area contributed by atoms with Gasteiger partial charge in [-0.3, -0.25) is 9.59 Å². The van der Waals surface area contributed by atoms with Crippen LogP contribution >= 0.6 is 0 Å². The number of pyridine rings is 1. The van der Waals surface area contributed by atoms with E-state index in [0.717, 1.165) is 11.3 Å². The molecule has 1 aliphatic rings. The Hall–Kier alpha value is -2.97.